The van der Waals surface area contributed by atoms with Gasteiger partial charge in [0, 0.05) is 53.2 Å². The van der Waals surface area contributed by atoms with Gasteiger partial charge in [0.05, 0.1) is 35.5 Å². The van der Waals surface area contributed by atoms with Crippen molar-refractivity contribution < 1.29 is 4.74 Å². The molecular weight excluding hydrogens is 422 g/mol. The topological polar surface area (TPSA) is 80.1 Å². The van der Waals surface area contributed by atoms with Crippen LogP contribution in [0.5, 0.6) is 0 Å². The van der Waals surface area contributed by atoms with Gasteiger partial charge in [0.2, 0.25) is 0 Å². The highest BCUT2D eigenvalue weighted by atomic mass is 16.5. The minimum atomic E-state index is 0.0733. The molecule has 1 aliphatic carbocycles. The Kier molecular flexibility index (Phi) is 4.41. The maximum Gasteiger partial charge on any atom is 0.0986 e. The van der Waals surface area contributed by atoms with Crippen molar-refractivity contribution in [1.29, 1.82) is 0 Å². The van der Waals surface area contributed by atoms with Crippen molar-refractivity contribution in [2.45, 2.75) is 18.3 Å². The lowest BCUT2D eigenvalue weighted by atomic mass is 9.97. The van der Waals surface area contributed by atoms with E-state index in [0.29, 0.717) is 6.54 Å². The number of aromatic nitrogens is 3. The zero-order valence-corrected chi connectivity index (χ0v) is 19.1. The number of benzene rings is 2. The third-order valence-electron chi connectivity index (χ3n) is 7.61. The van der Waals surface area contributed by atoms with Crippen molar-refractivity contribution in [2.24, 2.45) is 5.73 Å². The standard InChI is InChI=1S/C28H27N5O/c29-17-28(8-9-28)24-16-19(7-10-30-24)18-5-6-23-21(15-18)27(33-11-13-34-14-12-33)26-25(31-23)20-3-1-2-4-22(20)32-26/h1-7,10,15-16,32H,8-9,11-14,17,29H2. The van der Waals surface area contributed by atoms with E-state index in [4.69, 9.17) is 15.5 Å². The van der Waals surface area contributed by atoms with E-state index in [-0.39, 0.29) is 5.41 Å². The molecule has 0 unspecified atom stereocenters. The number of fused-ring (bicyclic) bond motifs is 4. The van der Waals surface area contributed by atoms with Crippen LogP contribution in [-0.2, 0) is 10.2 Å². The number of anilines is 1. The van der Waals surface area contributed by atoms with Gasteiger partial charge in [-0.05, 0) is 54.3 Å². The number of hydrogen-bond donors (Lipinski definition) is 2. The number of hydrogen-bond acceptors (Lipinski definition) is 5. The first-order chi connectivity index (χ1) is 16.8. The largest absolute Gasteiger partial charge is 0.378 e. The Morgan fingerprint density at radius 1 is 0.971 bits per heavy atom. The normalized spacial score (nSPS) is 17.6. The van der Waals surface area contributed by atoms with Crippen molar-refractivity contribution in [1.82, 2.24) is 15.0 Å². The third-order valence-corrected chi connectivity index (χ3v) is 7.61. The van der Waals surface area contributed by atoms with Crippen molar-refractivity contribution in [3.8, 4) is 11.1 Å². The minimum absolute atomic E-state index is 0.0733. The maximum absolute atomic E-state index is 6.08. The monoisotopic (exact) mass is 449 g/mol. The molecule has 1 saturated heterocycles. The summed E-state index contributed by atoms with van der Waals surface area (Å²) < 4.78 is 5.67. The second kappa shape index (κ2) is 7.52. The molecule has 6 nitrogen and oxygen atoms in total. The molecule has 0 bridgehead atoms. The highest BCUT2D eigenvalue weighted by molar-refractivity contribution is 6.16. The number of morpholine rings is 1. The van der Waals surface area contributed by atoms with Crippen LogP contribution >= 0.6 is 0 Å². The second-order valence-electron chi connectivity index (χ2n) is 9.60. The maximum atomic E-state index is 6.08. The number of aromatic amines is 1. The Labute approximate surface area is 197 Å². The molecule has 5 aromatic rings. The summed E-state index contributed by atoms with van der Waals surface area (Å²) in [5.41, 5.74) is 15.1. The quantitative estimate of drug-likeness (QED) is 0.414. The van der Waals surface area contributed by atoms with E-state index in [1.165, 1.54) is 16.8 Å². The molecule has 0 atom stereocenters. The second-order valence-corrected chi connectivity index (χ2v) is 9.60. The fourth-order valence-corrected chi connectivity index (χ4v) is 5.40. The van der Waals surface area contributed by atoms with Gasteiger partial charge in [0.25, 0.3) is 0 Å². The highest BCUT2D eigenvalue weighted by Gasteiger charge is 2.44. The number of nitrogens with zero attached hydrogens (tertiary/aromatic N) is 3. The molecule has 3 aromatic heterocycles. The summed E-state index contributed by atoms with van der Waals surface area (Å²) in [4.78, 5) is 15.9. The van der Waals surface area contributed by atoms with E-state index >= 15 is 0 Å². The molecule has 0 spiro atoms. The molecule has 1 saturated carbocycles. The van der Waals surface area contributed by atoms with Crippen molar-refractivity contribution in [2.75, 3.05) is 37.7 Å². The first-order valence-corrected chi connectivity index (χ1v) is 12.1. The Bertz CT molecular complexity index is 1550. The SMILES string of the molecule is NCC1(c2cc(-c3ccc4nc5c([nH]c6ccccc65)c(N5CCOCC5)c4c3)ccn2)CC1. The molecule has 2 aliphatic rings. The summed E-state index contributed by atoms with van der Waals surface area (Å²) in [5, 5.41) is 2.32. The van der Waals surface area contributed by atoms with Gasteiger partial charge in [-0.3, -0.25) is 4.98 Å². The van der Waals surface area contributed by atoms with Crippen LogP contribution in [0.1, 0.15) is 18.5 Å². The zero-order chi connectivity index (χ0) is 22.7. The predicted octanol–water partition coefficient (Wildman–Crippen LogP) is 4.76. The Balaban J connectivity index is 1.46. The third kappa shape index (κ3) is 3.02. The van der Waals surface area contributed by atoms with Crippen LogP contribution in [-0.4, -0.2) is 47.8 Å². The number of H-pyrrole nitrogens is 1. The van der Waals surface area contributed by atoms with E-state index in [1.807, 2.05) is 6.20 Å². The molecule has 170 valence electrons. The molecule has 6 heteroatoms. The van der Waals surface area contributed by atoms with Gasteiger partial charge in [-0.25, -0.2) is 4.98 Å². The van der Waals surface area contributed by atoms with Crippen LogP contribution in [0.4, 0.5) is 5.69 Å². The Hall–Kier alpha value is -3.48. The molecule has 2 aromatic carbocycles. The molecule has 1 aliphatic heterocycles. The smallest absolute Gasteiger partial charge is 0.0986 e. The average molecular weight is 450 g/mol. The highest BCUT2D eigenvalue weighted by Crippen LogP contribution is 2.47. The fraction of sp³-hybridized carbons (Fsp3) is 0.286. The van der Waals surface area contributed by atoms with Crippen LogP contribution < -0.4 is 10.6 Å². The zero-order valence-electron chi connectivity index (χ0n) is 19.1. The lowest BCUT2D eigenvalue weighted by Gasteiger charge is -2.30. The van der Waals surface area contributed by atoms with Gasteiger partial charge in [0.15, 0.2) is 0 Å². The van der Waals surface area contributed by atoms with Gasteiger partial charge in [0.1, 0.15) is 0 Å². The summed E-state index contributed by atoms with van der Waals surface area (Å²) in [5.74, 6) is 0. The Morgan fingerprint density at radius 2 is 1.79 bits per heavy atom. The summed E-state index contributed by atoms with van der Waals surface area (Å²) in [6.07, 6.45) is 4.18. The number of ether oxygens (including phenoxy) is 1. The molecule has 0 radical (unpaired) electrons. The molecule has 0 amide bonds. The van der Waals surface area contributed by atoms with Crippen LogP contribution in [0.2, 0.25) is 0 Å². The lowest BCUT2D eigenvalue weighted by Crippen LogP contribution is -2.36. The minimum Gasteiger partial charge on any atom is -0.378 e. The van der Waals surface area contributed by atoms with Gasteiger partial charge in [-0.2, -0.15) is 0 Å². The number of pyridine rings is 2. The van der Waals surface area contributed by atoms with Gasteiger partial charge in [-0.1, -0.05) is 24.3 Å². The van der Waals surface area contributed by atoms with Gasteiger partial charge in [-0.15, -0.1) is 0 Å². The van der Waals surface area contributed by atoms with Gasteiger partial charge < -0.3 is 20.4 Å². The average Bonchev–Trinajstić information content (AvgIpc) is 3.62. The van der Waals surface area contributed by atoms with Crippen LogP contribution in [0.15, 0.2) is 60.8 Å². The van der Waals surface area contributed by atoms with Crippen LogP contribution in [0.25, 0.3) is 44.0 Å². The number of rotatable bonds is 4. The van der Waals surface area contributed by atoms with Crippen LogP contribution in [0, 0.1) is 0 Å². The summed E-state index contributed by atoms with van der Waals surface area (Å²) in [6.45, 7) is 3.86. The number of nitrogens with one attached hydrogen (secondary N) is 1. The van der Waals surface area contributed by atoms with E-state index in [9.17, 15) is 0 Å². The van der Waals surface area contributed by atoms with Crippen molar-refractivity contribution in [3.05, 3.63) is 66.5 Å². The van der Waals surface area contributed by atoms with E-state index in [1.54, 1.807) is 0 Å². The molecular formula is C28H27N5O. The molecule has 34 heavy (non-hydrogen) atoms. The number of para-hydroxylation sites is 1. The number of nitrogens with two attached hydrogens (primary N) is 1. The van der Waals surface area contributed by atoms with E-state index < -0.39 is 0 Å². The first-order valence-electron chi connectivity index (χ1n) is 12.1. The summed E-state index contributed by atoms with van der Waals surface area (Å²) in [7, 11) is 0. The predicted molar refractivity (Wildman–Crippen MR) is 137 cm³/mol. The first kappa shape index (κ1) is 19.9. The molecule has 4 heterocycles. The lowest BCUT2D eigenvalue weighted by molar-refractivity contribution is 0.123. The molecule has 2 fully saturated rings. The van der Waals surface area contributed by atoms with Gasteiger partial charge >= 0.3 is 0 Å². The fourth-order valence-electron chi connectivity index (χ4n) is 5.40. The van der Waals surface area contributed by atoms with Crippen molar-refractivity contribution >= 4 is 38.5 Å². The Morgan fingerprint density at radius 3 is 2.62 bits per heavy atom. The van der Waals surface area contributed by atoms with E-state index in [0.717, 1.165) is 77.7 Å². The molecule has 3 N–H and O–H groups in total. The molecule has 7 rings (SSSR count). The van der Waals surface area contributed by atoms with E-state index in [2.05, 4.69) is 69.5 Å². The summed E-state index contributed by atoms with van der Waals surface area (Å²) in [6, 6.07) is 19.4. The van der Waals surface area contributed by atoms with Crippen LogP contribution in [0.3, 0.4) is 0 Å². The van der Waals surface area contributed by atoms with Crippen molar-refractivity contribution in [3.63, 3.8) is 0 Å². The summed E-state index contributed by atoms with van der Waals surface area (Å²) >= 11 is 0.